The Balaban J connectivity index is 2.65. The van der Waals surface area contributed by atoms with Crippen LogP contribution >= 0.6 is 0 Å². The molecule has 14 heavy (non-hydrogen) atoms. The van der Waals surface area contributed by atoms with E-state index in [2.05, 4.69) is 22.5 Å². The lowest BCUT2D eigenvalue weighted by Crippen LogP contribution is -2.25. The normalized spacial score (nSPS) is 13.0. The molecule has 0 aliphatic rings. The van der Waals surface area contributed by atoms with Gasteiger partial charge in [0.15, 0.2) is 0 Å². The maximum absolute atomic E-state index is 5.43. The van der Waals surface area contributed by atoms with E-state index in [4.69, 9.17) is 5.84 Å². The molecule has 72 valence electrons. The Bertz CT molecular complexity index is 434. The summed E-state index contributed by atoms with van der Waals surface area (Å²) in [6.07, 6.45) is 3.66. The third kappa shape index (κ3) is 1.47. The van der Waals surface area contributed by atoms with Gasteiger partial charge in [-0.2, -0.15) is 0 Å². The van der Waals surface area contributed by atoms with Crippen LogP contribution in [-0.4, -0.2) is 4.98 Å². The zero-order chi connectivity index (χ0) is 9.97. The number of hydrogen-bond donors (Lipinski definition) is 2. The molecule has 1 heterocycles. The predicted octanol–water partition coefficient (Wildman–Crippen LogP) is 1.76. The zero-order valence-electron chi connectivity index (χ0n) is 8.07. The van der Waals surface area contributed by atoms with Crippen LogP contribution in [0.5, 0.6) is 0 Å². The molecule has 2 rings (SSSR count). The number of nitrogens with zero attached hydrogens (tertiary/aromatic N) is 1. The van der Waals surface area contributed by atoms with Gasteiger partial charge < -0.3 is 0 Å². The molecule has 0 amide bonds. The molecule has 3 heteroatoms. The van der Waals surface area contributed by atoms with E-state index in [0.717, 1.165) is 5.39 Å². The Kier molecular flexibility index (Phi) is 2.43. The molecule has 2 aromatic rings. The van der Waals surface area contributed by atoms with Gasteiger partial charge in [0.05, 0.1) is 0 Å². The number of hydrazine groups is 1. The number of aromatic nitrogens is 1. The maximum Gasteiger partial charge on any atom is 0.0437 e. The summed E-state index contributed by atoms with van der Waals surface area (Å²) < 4.78 is 0. The summed E-state index contributed by atoms with van der Waals surface area (Å²) in [4.78, 5) is 4.09. The van der Waals surface area contributed by atoms with Gasteiger partial charge in [0, 0.05) is 23.8 Å². The first-order valence-corrected chi connectivity index (χ1v) is 4.61. The van der Waals surface area contributed by atoms with E-state index in [1.165, 1.54) is 10.9 Å². The van der Waals surface area contributed by atoms with Gasteiger partial charge in [-0.25, -0.2) is 0 Å². The number of hydrogen-bond acceptors (Lipinski definition) is 3. The van der Waals surface area contributed by atoms with Gasteiger partial charge in [-0.1, -0.05) is 18.2 Å². The Morgan fingerprint density at radius 2 is 2.21 bits per heavy atom. The largest absolute Gasteiger partial charge is 0.271 e. The van der Waals surface area contributed by atoms with Crippen molar-refractivity contribution < 1.29 is 0 Å². The fourth-order valence-corrected chi connectivity index (χ4v) is 1.61. The lowest BCUT2D eigenvalue weighted by atomic mass is 10.0. The van der Waals surface area contributed by atoms with E-state index in [1.54, 1.807) is 6.20 Å². The molecule has 3 N–H and O–H groups in total. The highest BCUT2D eigenvalue weighted by molar-refractivity contribution is 5.85. The van der Waals surface area contributed by atoms with Crippen molar-refractivity contribution in [2.75, 3.05) is 0 Å². The van der Waals surface area contributed by atoms with Crippen LogP contribution < -0.4 is 11.3 Å². The average Bonchev–Trinajstić information content (AvgIpc) is 2.27. The van der Waals surface area contributed by atoms with E-state index in [1.807, 2.05) is 25.3 Å². The standard InChI is InChI=1S/C11H13N3/c1-8(14-12)10-4-2-3-9-7-13-6-5-11(9)10/h2-8,14H,12H2,1H3. The summed E-state index contributed by atoms with van der Waals surface area (Å²) in [6.45, 7) is 2.04. The number of fused-ring (bicyclic) bond motifs is 1. The molecule has 1 atom stereocenters. The Hall–Kier alpha value is -1.45. The van der Waals surface area contributed by atoms with Crippen LogP contribution in [0.25, 0.3) is 10.8 Å². The molecule has 1 aromatic carbocycles. The zero-order valence-corrected chi connectivity index (χ0v) is 8.07. The van der Waals surface area contributed by atoms with Crippen LogP contribution in [0.2, 0.25) is 0 Å². The molecule has 0 radical (unpaired) electrons. The second-order valence-electron chi connectivity index (χ2n) is 3.33. The lowest BCUT2D eigenvalue weighted by Gasteiger charge is -2.12. The molecule has 0 aliphatic heterocycles. The number of benzene rings is 1. The van der Waals surface area contributed by atoms with E-state index < -0.39 is 0 Å². The second kappa shape index (κ2) is 3.74. The SMILES string of the molecule is CC(NN)c1cccc2cnccc12. The summed E-state index contributed by atoms with van der Waals surface area (Å²) in [6, 6.07) is 8.31. The molecular formula is C11H13N3. The van der Waals surface area contributed by atoms with Gasteiger partial charge in [0.25, 0.3) is 0 Å². The number of pyridine rings is 1. The van der Waals surface area contributed by atoms with Crippen LogP contribution in [0.4, 0.5) is 0 Å². The summed E-state index contributed by atoms with van der Waals surface area (Å²) in [5.41, 5.74) is 3.95. The second-order valence-corrected chi connectivity index (χ2v) is 3.33. The first-order chi connectivity index (χ1) is 6.83. The molecule has 3 nitrogen and oxygen atoms in total. The van der Waals surface area contributed by atoms with Gasteiger partial charge in [-0.15, -0.1) is 0 Å². The highest BCUT2D eigenvalue weighted by atomic mass is 15.2. The van der Waals surface area contributed by atoms with Crippen LogP contribution in [0.15, 0.2) is 36.7 Å². The van der Waals surface area contributed by atoms with Crippen LogP contribution in [-0.2, 0) is 0 Å². The van der Waals surface area contributed by atoms with Crippen molar-refractivity contribution in [3.8, 4) is 0 Å². The minimum atomic E-state index is 0.154. The quantitative estimate of drug-likeness (QED) is 0.556. The van der Waals surface area contributed by atoms with Crippen LogP contribution in [0.1, 0.15) is 18.5 Å². The van der Waals surface area contributed by atoms with E-state index in [-0.39, 0.29) is 6.04 Å². The van der Waals surface area contributed by atoms with Crippen molar-refractivity contribution in [1.82, 2.24) is 10.4 Å². The first-order valence-electron chi connectivity index (χ1n) is 4.61. The van der Waals surface area contributed by atoms with E-state index in [9.17, 15) is 0 Å². The molecule has 1 aromatic heterocycles. The van der Waals surface area contributed by atoms with Crippen LogP contribution in [0.3, 0.4) is 0 Å². The molecule has 0 saturated carbocycles. The first kappa shape index (κ1) is 9.12. The summed E-state index contributed by atoms with van der Waals surface area (Å²) in [5.74, 6) is 5.43. The van der Waals surface area contributed by atoms with Crippen molar-refractivity contribution in [3.63, 3.8) is 0 Å². The fourth-order valence-electron chi connectivity index (χ4n) is 1.61. The molecule has 0 saturated heterocycles. The molecular weight excluding hydrogens is 174 g/mol. The Morgan fingerprint density at radius 1 is 1.36 bits per heavy atom. The van der Waals surface area contributed by atoms with Crippen molar-refractivity contribution in [2.45, 2.75) is 13.0 Å². The predicted molar refractivity (Wildman–Crippen MR) is 57.5 cm³/mol. The average molecular weight is 187 g/mol. The minimum absolute atomic E-state index is 0.154. The van der Waals surface area contributed by atoms with Gasteiger partial charge in [0.1, 0.15) is 0 Å². The number of rotatable bonds is 2. The smallest absolute Gasteiger partial charge is 0.0437 e. The third-order valence-corrected chi connectivity index (χ3v) is 2.43. The fraction of sp³-hybridized carbons (Fsp3) is 0.182. The Labute approximate surface area is 82.9 Å². The van der Waals surface area contributed by atoms with Gasteiger partial charge in [-0.05, 0) is 23.9 Å². The summed E-state index contributed by atoms with van der Waals surface area (Å²) in [5, 5.41) is 2.35. The highest BCUT2D eigenvalue weighted by Crippen LogP contribution is 2.22. The van der Waals surface area contributed by atoms with Gasteiger partial charge >= 0.3 is 0 Å². The number of nitrogens with one attached hydrogen (secondary N) is 1. The molecule has 0 spiro atoms. The van der Waals surface area contributed by atoms with Gasteiger partial charge in [-0.3, -0.25) is 16.3 Å². The van der Waals surface area contributed by atoms with Crippen molar-refractivity contribution in [3.05, 3.63) is 42.2 Å². The molecule has 0 fully saturated rings. The Morgan fingerprint density at radius 3 is 3.00 bits per heavy atom. The summed E-state index contributed by atoms with van der Waals surface area (Å²) >= 11 is 0. The molecule has 0 bridgehead atoms. The van der Waals surface area contributed by atoms with Crippen LogP contribution in [0, 0.1) is 0 Å². The molecule has 0 aliphatic carbocycles. The van der Waals surface area contributed by atoms with Gasteiger partial charge in [0.2, 0.25) is 0 Å². The lowest BCUT2D eigenvalue weighted by molar-refractivity contribution is 0.606. The van der Waals surface area contributed by atoms with Crippen molar-refractivity contribution in [2.24, 2.45) is 5.84 Å². The monoisotopic (exact) mass is 187 g/mol. The maximum atomic E-state index is 5.43. The number of nitrogens with two attached hydrogens (primary N) is 1. The topological polar surface area (TPSA) is 50.9 Å². The minimum Gasteiger partial charge on any atom is -0.271 e. The highest BCUT2D eigenvalue weighted by Gasteiger charge is 2.06. The third-order valence-electron chi connectivity index (χ3n) is 2.43. The summed E-state index contributed by atoms with van der Waals surface area (Å²) in [7, 11) is 0. The van der Waals surface area contributed by atoms with E-state index >= 15 is 0 Å². The van der Waals surface area contributed by atoms with Crippen molar-refractivity contribution in [1.29, 1.82) is 0 Å². The molecule has 1 unspecified atom stereocenters. The van der Waals surface area contributed by atoms with E-state index in [0.29, 0.717) is 0 Å². The van der Waals surface area contributed by atoms with Crippen molar-refractivity contribution >= 4 is 10.8 Å².